The van der Waals surface area contributed by atoms with Gasteiger partial charge in [-0.3, -0.25) is 9.59 Å². The second kappa shape index (κ2) is 21.7. The number of hydrogen-bond acceptors (Lipinski definition) is 14. The Labute approximate surface area is 415 Å². The molecule has 8 aromatic heterocycles. The Morgan fingerprint density at radius 3 is 1.14 bits per heavy atom. The maximum atomic E-state index is 11.7. The maximum Gasteiger partial charge on any atom is 0.275 e. The van der Waals surface area contributed by atoms with Gasteiger partial charge >= 0.3 is 0 Å². The van der Waals surface area contributed by atoms with Crippen molar-refractivity contribution in [2.24, 2.45) is 35.5 Å². The van der Waals surface area contributed by atoms with E-state index in [4.69, 9.17) is 11.5 Å². The Hall–Kier alpha value is -6.48. The summed E-state index contributed by atoms with van der Waals surface area (Å²) in [4.78, 5) is 65.9. The molecular weight excluding hydrogens is 917 g/mol. The van der Waals surface area contributed by atoms with Gasteiger partial charge in [0.1, 0.15) is 34.7 Å². The highest BCUT2D eigenvalue weighted by atomic mass is 16.3. The molecule has 0 saturated heterocycles. The fourth-order valence-electron chi connectivity index (χ4n) is 12.6. The van der Waals surface area contributed by atoms with E-state index in [2.05, 4.69) is 87.5 Å². The van der Waals surface area contributed by atoms with E-state index in [0.29, 0.717) is 47.3 Å². The van der Waals surface area contributed by atoms with E-state index in [-0.39, 0.29) is 48.0 Å². The molecule has 8 heterocycles. The van der Waals surface area contributed by atoms with E-state index in [1.54, 1.807) is 0 Å². The standard InChI is InChI=1S/2C14H19N3O.2C12H16N4O2/c2*1-3-9-5-10(4-8(9)2)11-6-15-13-12(11)16-7-17-14(13)18;2*13-12-11-10(15-5-16-12)8(3-14-11)6-1-7(4-17)9(18)2-6/h2*6-10,15H,3-5H2,1-2H3,(H,16,17,18);2*3,5-7,9,14,17-18H,1-2,4H2,(H2,13,15,16)/t2*8-,9-,10-;2*6-,7-,9+/m0011/s1. The molecule has 0 amide bonds. The molecule has 12 atom stereocenters. The Kier molecular flexibility index (Phi) is 15.2. The Morgan fingerprint density at radius 1 is 0.472 bits per heavy atom. The molecule has 0 aromatic carbocycles. The fourth-order valence-corrected chi connectivity index (χ4v) is 12.6. The fraction of sp³-hybridized carbons (Fsp3) is 0.538. The lowest BCUT2D eigenvalue weighted by Gasteiger charge is -2.10. The average molecular weight is 987 g/mol. The molecule has 12 rings (SSSR count). The molecule has 4 aliphatic rings. The van der Waals surface area contributed by atoms with Crippen molar-refractivity contribution in [2.45, 2.75) is 128 Å². The molecule has 4 aliphatic carbocycles. The van der Waals surface area contributed by atoms with Crippen LogP contribution in [0.15, 0.2) is 59.7 Å². The second-order valence-electron chi connectivity index (χ2n) is 20.8. The predicted molar refractivity (Wildman–Crippen MR) is 277 cm³/mol. The lowest BCUT2D eigenvalue weighted by Crippen LogP contribution is -2.16. The van der Waals surface area contributed by atoms with Gasteiger partial charge in [-0.05, 0) is 121 Å². The number of aromatic nitrogens is 12. The van der Waals surface area contributed by atoms with Crippen molar-refractivity contribution in [3.63, 3.8) is 0 Å². The van der Waals surface area contributed by atoms with Crippen molar-refractivity contribution in [2.75, 3.05) is 24.7 Å². The third kappa shape index (κ3) is 10.0. The molecule has 4 saturated carbocycles. The summed E-state index contributed by atoms with van der Waals surface area (Å²) in [6, 6.07) is 0. The van der Waals surface area contributed by atoms with Gasteiger partial charge in [-0.25, -0.2) is 29.9 Å². The lowest BCUT2D eigenvalue weighted by atomic mass is 9.95. The van der Waals surface area contributed by atoms with Crippen LogP contribution < -0.4 is 22.6 Å². The van der Waals surface area contributed by atoms with E-state index in [0.717, 1.165) is 80.7 Å². The van der Waals surface area contributed by atoms with Gasteiger partial charge in [-0.15, -0.1) is 0 Å². The number of H-pyrrole nitrogens is 6. The number of anilines is 2. The normalized spacial score (nSPS) is 28.0. The Morgan fingerprint density at radius 2 is 0.806 bits per heavy atom. The van der Waals surface area contributed by atoms with Gasteiger partial charge in [0.25, 0.3) is 11.1 Å². The van der Waals surface area contributed by atoms with Crippen LogP contribution in [0.2, 0.25) is 0 Å². The number of nitrogens with zero attached hydrogens (tertiary/aromatic N) is 6. The van der Waals surface area contributed by atoms with Crippen LogP contribution in [-0.2, 0) is 0 Å². The van der Waals surface area contributed by atoms with Crippen LogP contribution in [0, 0.1) is 35.5 Å². The largest absolute Gasteiger partial charge is 0.396 e. The van der Waals surface area contributed by atoms with E-state index < -0.39 is 12.2 Å². The number of aliphatic hydroxyl groups is 4. The molecule has 20 nitrogen and oxygen atoms in total. The maximum absolute atomic E-state index is 11.7. The summed E-state index contributed by atoms with van der Waals surface area (Å²) in [5, 5.41) is 38.1. The number of hydrogen-bond donors (Lipinski definition) is 12. The summed E-state index contributed by atoms with van der Waals surface area (Å²) in [7, 11) is 0. The van der Waals surface area contributed by atoms with Crippen LogP contribution in [0.1, 0.15) is 138 Å². The molecule has 72 heavy (non-hydrogen) atoms. The quantitative estimate of drug-likeness (QED) is 0.0789. The molecule has 384 valence electrons. The first-order valence-corrected chi connectivity index (χ1v) is 25.6. The third-order valence-corrected chi connectivity index (χ3v) is 16.7. The molecule has 0 bridgehead atoms. The van der Waals surface area contributed by atoms with Gasteiger partial charge in [-0.1, -0.05) is 40.5 Å². The van der Waals surface area contributed by atoms with E-state index in [1.165, 1.54) is 75.0 Å². The highest BCUT2D eigenvalue weighted by Crippen LogP contribution is 2.47. The van der Waals surface area contributed by atoms with Gasteiger partial charge in [0.05, 0.1) is 46.9 Å². The molecule has 14 N–H and O–H groups in total. The van der Waals surface area contributed by atoms with Crippen LogP contribution in [0.5, 0.6) is 0 Å². The number of nitrogens with one attached hydrogen (secondary N) is 6. The number of fused-ring (bicyclic) bond motifs is 4. The number of nitrogen functional groups attached to an aromatic ring is 2. The van der Waals surface area contributed by atoms with Gasteiger partial charge in [0, 0.05) is 49.8 Å². The number of rotatable bonds is 8. The Balaban J connectivity index is 0.000000119. The summed E-state index contributed by atoms with van der Waals surface area (Å²) in [6.45, 7) is 9.25. The monoisotopic (exact) mass is 987 g/mol. The molecule has 0 radical (unpaired) electrons. The van der Waals surface area contributed by atoms with E-state index >= 15 is 0 Å². The van der Waals surface area contributed by atoms with Crippen LogP contribution in [0.25, 0.3) is 44.1 Å². The number of aromatic amines is 6. The van der Waals surface area contributed by atoms with Crippen molar-refractivity contribution in [3.8, 4) is 0 Å². The molecule has 0 unspecified atom stereocenters. The highest BCUT2D eigenvalue weighted by Gasteiger charge is 2.37. The molecule has 0 spiro atoms. The van der Waals surface area contributed by atoms with Crippen LogP contribution in [0.4, 0.5) is 11.6 Å². The predicted octanol–water partition coefficient (Wildman–Crippen LogP) is 6.36. The van der Waals surface area contributed by atoms with E-state index in [1.807, 2.05) is 24.8 Å². The summed E-state index contributed by atoms with van der Waals surface area (Å²) in [5.41, 5.74) is 22.0. The highest BCUT2D eigenvalue weighted by molar-refractivity contribution is 5.88. The molecule has 4 fully saturated rings. The first-order valence-electron chi connectivity index (χ1n) is 25.6. The number of nitrogens with two attached hydrogens (primary N) is 2. The van der Waals surface area contributed by atoms with Crippen molar-refractivity contribution >= 4 is 55.8 Å². The number of aliphatic hydroxyl groups excluding tert-OH is 4. The molecular formula is C52H70N14O6. The van der Waals surface area contributed by atoms with Gasteiger partial charge in [-0.2, -0.15) is 0 Å². The lowest BCUT2D eigenvalue weighted by molar-refractivity contribution is 0.0903. The van der Waals surface area contributed by atoms with Crippen molar-refractivity contribution in [3.05, 3.63) is 93.1 Å². The zero-order valence-corrected chi connectivity index (χ0v) is 41.5. The van der Waals surface area contributed by atoms with Gasteiger partial charge in [0.15, 0.2) is 11.6 Å². The van der Waals surface area contributed by atoms with Crippen LogP contribution in [0.3, 0.4) is 0 Å². The van der Waals surface area contributed by atoms with Gasteiger partial charge in [0.2, 0.25) is 0 Å². The molecule has 8 aromatic rings. The Bertz CT molecular complexity index is 3000. The average Bonchev–Trinajstić information content (AvgIpc) is 4.24. The topological polar surface area (TPSA) is 339 Å². The van der Waals surface area contributed by atoms with Crippen molar-refractivity contribution < 1.29 is 20.4 Å². The smallest absolute Gasteiger partial charge is 0.275 e. The van der Waals surface area contributed by atoms with Crippen molar-refractivity contribution in [1.82, 2.24) is 59.8 Å². The van der Waals surface area contributed by atoms with E-state index in [9.17, 15) is 30.0 Å². The minimum atomic E-state index is -0.441. The minimum absolute atomic E-state index is 0.0249. The first kappa shape index (κ1) is 50.5. The molecule has 0 aliphatic heterocycles. The summed E-state index contributed by atoms with van der Waals surface area (Å²) in [5.74, 6) is 5.45. The summed E-state index contributed by atoms with van der Waals surface area (Å²) < 4.78 is 0. The van der Waals surface area contributed by atoms with Gasteiger partial charge < -0.3 is 61.8 Å². The zero-order valence-electron chi connectivity index (χ0n) is 41.5. The second-order valence-corrected chi connectivity index (χ2v) is 20.8. The minimum Gasteiger partial charge on any atom is -0.396 e. The summed E-state index contributed by atoms with van der Waals surface area (Å²) >= 11 is 0. The SMILES string of the molecule is CC[C@H]1C[C@@H](c2c[nH]c3c(=O)[nH]cnc23)C[C@@H]1C.CC[C@H]1C[C@@H](c2c[nH]c3c(=O)[nH]cnc23)C[C@@H]1C.Nc1ncnc2c([C@@H]3C[C@H](CO)[C@@H](O)C3)c[nH]c12.Nc1ncnc2c([C@@H]3C[C@H](CO)[C@@H](O)C3)c[nH]c12. The molecule has 20 heteroatoms. The summed E-state index contributed by atoms with van der Waals surface area (Å²) in [6.07, 6.45) is 22.9. The van der Waals surface area contributed by atoms with Crippen LogP contribution in [-0.4, -0.2) is 106 Å². The third-order valence-electron chi connectivity index (χ3n) is 16.7. The van der Waals surface area contributed by atoms with Crippen molar-refractivity contribution in [1.29, 1.82) is 0 Å². The van der Waals surface area contributed by atoms with Crippen LogP contribution >= 0.6 is 0 Å². The first-order chi connectivity index (χ1) is 34.8. The zero-order chi connectivity index (χ0) is 50.8.